The Morgan fingerprint density at radius 1 is 0.884 bits per heavy atom. The first kappa shape index (κ1) is 30.2. The fraction of sp³-hybridized carbons (Fsp3) is 0.258. The molecule has 43 heavy (non-hydrogen) atoms. The Kier molecular flexibility index (Phi) is 9.40. The van der Waals surface area contributed by atoms with Gasteiger partial charge in [-0.2, -0.15) is 0 Å². The molecule has 0 aliphatic carbocycles. The molecule has 10 nitrogen and oxygen atoms in total. The first-order valence-electron chi connectivity index (χ1n) is 13.7. The molecular formula is C31H29Cl2N5O5. The van der Waals surface area contributed by atoms with Gasteiger partial charge in [0.25, 0.3) is 16.8 Å². The molecule has 0 unspecified atom stereocenters. The van der Waals surface area contributed by atoms with Crippen molar-refractivity contribution in [3.63, 3.8) is 0 Å². The minimum absolute atomic E-state index is 0.00486. The number of nitrogens with one attached hydrogen (secondary N) is 3. The van der Waals surface area contributed by atoms with Gasteiger partial charge in [-0.1, -0.05) is 65.7 Å². The number of rotatable bonds is 11. The molecule has 5 rings (SSSR count). The predicted molar refractivity (Wildman–Crippen MR) is 167 cm³/mol. The first-order chi connectivity index (χ1) is 20.7. The highest BCUT2D eigenvalue weighted by Crippen LogP contribution is 2.29. The third-order valence-corrected chi connectivity index (χ3v) is 8.03. The first-order valence-corrected chi connectivity index (χ1v) is 14.5. The summed E-state index contributed by atoms with van der Waals surface area (Å²) < 4.78 is 0. The summed E-state index contributed by atoms with van der Waals surface area (Å²) in [6.45, 7) is 2.51. The zero-order chi connectivity index (χ0) is 30.5. The Bertz CT molecular complexity index is 1660. The number of pyridine rings is 1. The Morgan fingerprint density at radius 2 is 1.51 bits per heavy atom. The van der Waals surface area contributed by atoms with E-state index < -0.39 is 28.8 Å². The number of halogens is 2. The number of benzene rings is 2. The number of carbonyl (C=O) groups is 2. The third-order valence-electron chi connectivity index (χ3n) is 7.46. The molecule has 1 atom stereocenters. The summed E-state index contributed by atoms with van der Waals surface area (Å²) in [5, 5.41) is 18.8. The van der Waals surface area contributed by atoms with Crippen LogP contribution in [0.1, 0.15) is 34.3 Å². The number of carboxylic acids is 1. The second-order valence-electron chi connectivity index (χ2n) is 10.5. The van der Waals surface area contributed by atoms with Crippen LogP contribution in [0.5, 0.6) is 0 Å². The lowest BCUT2D eigenvalue weighted by molar-refractivity contribution is -0.137. The number of anilines is 3. The maximum absolute atomic E-state index is 12.7. The van der Waals surface area contributed by atoms with Crippen molar-refractivity contribution in [3.8, 4) is 0 Å². The van der Waals surface area contributed by atoms with Crippen LogP contribution in [0.4, 0.5) is 17.1 Å². The number of piperidine rings is 1. The van der Waals surface area contributed by atoms with Gasteiger partial charge >= 0.3 is 5.97 Å². The minimum atomic E-state index is -1.18. The number of hydrogen-bond acceptors (Lipinski definition) is 8. The zero-order valence-corrected chi connectivity index (χ0v) is 24.5. The molecule has 1 amide bonds. The molecule has 4 N–H and O–H groups in total. The summed E-state index contributed by atoms with van der Waals surface area (Å²) in [5.74, 6) is -1.64. The Morgan fingerprint density at radius 3 is 2.14 bits per heavy atom. The van der Waals surface area contributed by atoms with Gasteiger partial charge in [0.05, 0.1) is 15.7 Å². The lowest BCUT2D eigenvalue weighted by Gasteiger charge is -2.33. The van der Waals surface area contributed by atoms with Gasteiger partial charge in [-0.15, -0.1) is 0 Å². The monoisotopic (exact) mass is 621 g/mol. The summed E-state index contributed by atoms with van der Waals surface area (Å²) >= 11 is 12.1. The number of hydrogen-bond donors (Lipinski definition) is 4. The van der Waals surface area contributed by atoms with Crippen LogP contribution in [-0.4, -0.2) is 52.0 Å². The summed E-state index contributed by atoms with van der Waals surface area (Å²) in [6, 6.07) is 15.3. The molecule has 4 aromatic rings. The topological polar surface area (TPSA) is 141 Å². The van der Waals surface area contributed by atoms with Crippen LogP contribution in [0, 0.1) is 0 Å². The molecule has 222 valence electrons. The molecule has 0 saturated carbocycles. The molecule has 1 aliphatic heterocycles. The van der Waals surface area contributed by atoms with Gasteiger partial charge < -0.3 is 21.1 Å². The highest BCUT2D eigenvalue weighted by atomic mass is 35.5. The molecule has 1 aliphatic rings. The average molecular weight is 623 g/mol. The fourth-order valence-electron chi connectivity index (χ4n) is 5.07. The Balaban J connectivity index is 1.18. The van der Waals surface area contributed by atoms with E-state index in [-0.39, 0.29) is 39.6 Å². The highest BCUT2D eigenvalue weighted by molar-refractivity contribution is 6.39. The van der Waals surface area contributed by atoms with Crippen molar-refractivity contribution in [2.24, 2.45) is 0 Å². The maximum Gasteiger partial charge on any atom is 0.326 e. The molecule has 12 heteroatoms. The number of aromatic nitrogens is 1. The van der Waals surface area contributed by atoms with Gasteiger partial charge in [0.15, 0.2) is 0 Å². The van der Waals surface area contributed by atoms with E-state index in [4.69, 9.17) is 23.2 Å². The van der Waals surface area contributed by atoms with Crippen molar-refractivity contribution >= 4 is 52.1 Å². The smallest absolute Gasteiger partial charge is 0.326 e. The Labute approximate surface area is 257 Å². The van der Waals surface area contributed by atoms with Crippen molar-refractivity contribution in [1.29, 1.82) is 0 Å². The molecule has 3 aromatic carbocycles. The molecule has 1 fully saturated rings. The van der Waals surface area contributed by atoms with E-state index in [0.29, 0.717) is 11.1 Å². The third kappa shape index (κ3) is 7.22. The highest BCUT2D eigenvalue weighted by Gasteiger charge is 2.29. The van der Waals surface area contributed by atoms with Crippen LogP contribution in [0.15, 0.2) is 76.6 Å². The summed E-state index contributed by atoms with van der Waals surface area (Å²) in [7, 11) is 0. The van der Waals surface area contributed by atoms with Crippen molar-refractivity contribution < 1.29 is 14.7 Å². The predicted octanol–water partition coefficient (Wildman–Crippen LogP) is 4.42. The maximum atomic E-state index is 12.7. The van der Waals surface area contributed by atoms with E-state index >= 15 is 0 Å². The van der Waals surface area contributed by atoms with Gasteiger partial charge in [-0.3, -0.25) is 24.3 Å². The van der Waals surface area contributed by atoms with Gasteiger partial charge in [-0.05, 0) is 36.1 Å². The SMILES string of the molecule is O=C(Nc1c(Cl)cncc1Cl)c1ccc(C[C@H](Nc2c(NC3CCN(Cc4ccccc4)CC3)c(=O)c2=O)C(=O)O)cc1. The number of likely N-dealkylation sites (tertiary alicyclic amines) is 1. The number of carbonyl (C=O) groups excluding carboxylic acids is 1. The number of nitrogens with zero attached hydrogens (tertiary/aromatic N) is 2. The van der Waals surface area contributed by atoms with E-state index in [2.05, 4.69) is 38.0 Å². The van der Waals surface area contributed by atoms with Crippen LogP contribution in [0.3, 0.4) is 0 Å². The normalized spacial score (nSPS) is 14.7. The summed E-state index contributed by atoms with van der Waals surface area (Å²) in [6.07, 6.45) is 4.30. The quantitative estimate of drug-likeness (QED) is 0.179. The standard InChI is InChI=1S/C31H29Cl2N5O5/c32-22-15-34-16-23(33)25(22)37-30(41)20-8-6-18(7-9-20)14-24(31(42)43)36-27-26(28(39)29(27)40)35-21-10-12-38(13-11-21)17-19-4-2-1-3-5-19/h1-9,15-16,21,24,35-36H,10-14,17H2,(H,42,43)(H,34,37,41)/t24-/m0/s1. The second-order valence-corrected chi connectivity index (χ2v) is 11.3. The lowest BCUT2D eigenvalue weighted by Crippen LogP contribution is -2.45. The molecule has 1 aromatic heterocycles. The molecule has 1 saturated heterocycles. The second kappa shape index (κ2) is 13.4. The van der Waals surface area contributed by atoms with Crippen LogP contribution < -0.4 is 26.8 Å². The van der Waals surface area contributed by atoms with Crippen LogP contribution in [0.25, 0.3) is 0 Å². The largest absolute Gasteiger partial charge is 0.480 e. The van der Waals surface area contributed by atoms with Crippen molar-refractivity contribution in [1.82, 2.24) is 9.88 Å². The number of carboxylic acid groups (broad SMARTS) is 1. The van der Waals surface area contributed by atoms with Crippen molar-refractivity contribution in [2.75, 3.05) is 29.0 Å². The molecule has 0 spiro atoms. The van der Waals surface area contributed by atoms with Crippen molar-refractivity contribution in [3.05, 3.63) is 114 Å². The van der Waals surface area contributed by atoms with Crippen molar-refractivity contribution in [2.45, 2.75) is 37.9 Å². The summed E-state index contributed by atoms with van der Waals surface area (Å²) in [4.78, 5) is 55.8. The van der Waals surface area contributed by atoms with E-state index in [0.717, 1.165) is 32.5 Å². The zero-order valence-electron chi connectivity index (χ0n) is 23.0. The average Bonchev–Trinajstić information content (AvgIpc) is 3.01. The lowest BCUT2D eigenvalue weighted by atomic mass is 10.0. The van der Waals surface area contributed by atoms with Gasteiger partial charge in [0, 0.05) is 50.1 Å². The molecule has 0 radical (unpaired) electrons. The number of amides is 1. The van der Waals surface area contributed by atoms with E-state index in [1.54, 1.807) is 24.3 Å². The number of aliphatic carboxylic acids is 1. The van der Waals surface area contributed by atoms with E-state index in [1.165, 1.54) is 18.0 Å². The van der Waals surface area contributed by atoms with Gasteiger partial charge in [-0.25, -0.2) is 4.79 Å². The van der Waals surface area contributed by atoms with E-state index in [9.17, 15) is 24.3 Å². The molecular weight excluding hydrogens is 593 g/mol. The molecule has 2 heterocycles. The Hall–Kier alpha value is -4.25. The summed E-state index contributed by atoms with van der Waals surface area (Å²) in [5.41, 5.74) is 1.12. The van der Waals surface area contributed by atoms with Crippen LogP contribution in [-0.2, 0) is 17.8 Å². The fourth-order valence-corrected chi connectivity index (χ4v) is 5.53. The minimum Gasteiger partial charge on any atom is -0.480 e. The van der Waals surface area contributed by atoms with E-state index in [1.807, 2.05) is 18.2 Å². The van der Waals surface area contributed by atoms with Crippen LogP contribution in [0.2, 0.25) is 10.0 Å². The van der Waals surface area contributed by atoms with Gasteiger partial charge in [0.1, 0.15) is 17.4 Å². The van der Waals surface area contributed by atoms with Crippen LogP contribution >= 0.6 is 23.2 Å². The molecule has 0 bridgehead atoms. The van der Waals surface area contributed by atoms with Gasteiger partial charge in [0.2, 0.25) is 0 Å².